The molecule has 3 unspecified atom stereocenters. The summed E-state index contributed by atoms with van der Waals surface area (Å²) in [5.41, 5.74) is 2.98. The topological polar surface area (TPSA) is 73.9 Å². The summed E-state index contributed by atoms with van der Waals surface area (Å²) in [4.78, 5) is 21.8. The molecule has 2 aromatic rings. The molecule has 2 aliphatic rings. The Hall–Kier alpha value is -2.83. The van der Waals surface area contributed by atoms with Crippen LogP contribution in [0.4, 0.5) is 5.69 Å². The number of nitrogens with one attached hydrogen (secondary N) is 1. The Balaban J connectivity index is 1.74. The summed E-state index contributed by atoms with van der Waals surface area (Å²) in [6, 6.07) is 17.4. The summed E-state index contributed by atoms with van der Waals surface area (Å²) < 4.78 is 16.8. The zero-order chi connectivity index (χ0) is 21.7. The number of rotatable bonds is 11. The Labute approximate surface area is 186 Å². The fraction of sp³-hybridized carbons (Fsp3) is 0.333. The minimum absolute atomic E-state index is 0.0903. The highest BCUT2D eigenvalue weighted by molar-refractivity contribution is 6.31. The van der Waals surface area contributed by atoms with Crippen LogP contribution in [0.5, 0.6) is 0 Å². The zero-order valence-electron chi connectivity index (χ0n) is 17.0. The molecule has 2 heterocycles. The van der Waals surface area contributed by atoms with Gasteiger partial charge in [0, 0.05) is 21.9 Å². The van der Waals surface area contributed by atoms with Crippen LogP contribution in [0.25, 0.3) is 0 Å². The lowest BCUT2D eigenvalue weighted by Gasteiger charge is -2.38. The molecule has 31 heavy (non-hydrogen) atoms. The number of hydrogen-bond acceptors (Lipinski definition) is 6. The Bertz CT molecular complexity index is 963. The molecule has 7 heteroatoms. The van der Waals surface area contributed by atoms with Gasteiger partial charge in [-0.2, -0.15) is 0 Å². The number of hydrogen-bond donors (Lipinski definition) is 1. The average molecular weight is 442 g/mol. The van der Waals surface area contributed by atoms with Crippen LogP contribution in [0.3, 0.4) is 0 Å². The van der Waals surface area contributed by atoms with E-state index in [1.54, 1.807) is 0 Å². The molecule has 0 aromatic heterocycles. The predicted octanol–water partition coefficient (Wildman–Crippen LogP) is 3.94. The second kappa shape index (κ2) is 9.54. The van der Waals surface area contributed by atoms with Gasteiger partial charge < -0.3 is 19.5 Å². The van der Waals surface area contributed by atoms with Gasteiger partial charge in [-0.25, -0.2) is 0 Å². The van der Waals surface area contributed by atoms with Gasteiger partial charge in [0.15, 0.2) is 0 Å². The lowest BCUT2D eigenvalue weighted by molar-refractivity contribution is -0.129. The van der Waals surface area contributed by atoms with Gasteiger partial charge in [-0.05, 0) is 43.0 Å². The van der Waals surface area contributed by atoms with E-state index in [1.807, 2.05) is 54.6 Å². The maximum atomic E-state index is 11.0. The van der Waals surface area contributed by atoms with Crippen molar-refractivity contribution in [3.05, 3.63) is 76.3 Å². The van der Waals surface area contributed by atoms with E-state index >= 15 is 0 Å². The number of para-hydroxylation sites is 1. The third-order valence-corrected chi connectivity index (χ3v) is 6.45. The van der Waals surface area contributed by atoms with Crippen molar-refractivity contribution in [1.29, 1.82) is 0 Å². The monoisotopic (exact) mass is 441 g/mol. The first-order valence-corrected chi connectivity index (χ1v) is 10.6. The quantitative estimate of drug-likeness (QED) is 0.420. The summed E-state index contributed by atoms with van der Waals surface area (Å²) in [6.45, 7) is 1.07. The molecule has 1 saturated heterocycles. The molecule has 1 N–H and O–H groups in total. The lowest BCUT2D eigenvalue weighted by atomic mass is 9.76. The second-order valence-corrected chi connectivity index (χ2v) is 8.12. The van der Waals surface area contributed by atoms with Crippen molar-refractivity contribution in [2.24, 2.45) is 0 Å². The van der Waals surface area contributed by atoms with E-state index in [-0.39, 0.29) is 25.4 Å². The third kappa shape index (κ3) is 4.31. The van der Waals surface area contributed by atoms with Gasteiger partial charge in [0.2, 0.25) is 0 Å². The summed E-state index contributed by atoms with van der Waals surface area (Å²) >= 11 is 6.48. The van der Waals surface area contributed by atoms with Gasteiger partial charge in [0.1, 0.15) is 18.8 Å². The van der Waals surface area contributed by atoms with Crippen LogP contribution in [0.1, 0.15) is 18.4 Å². The third-order valence-electron chi connectivity index (χ3n) is 6.08. The first-order valence-electron chi connectivity index (χ1n) is 10.2. The smallest absolute Gasteiger partial charge is 0.293 e. The summed E-state index contributed by atoms with van der Waals surface area (Å²) in [6.07, 6.45) is 2.00. The number of fused-ring (bicyclic) bond motifs is 2. The van der Waals surface area contributed by atoms with Gasteiger partial charge in [0.25, 0.3) is 12.9 Å². The highest BCUT2D eigenvalue weighted by Gasteiger charge is 2.56. The number of ether oxygens (including phenoxy) is 3. The number of carbonyl (C=O) groups excluding carboxylic acids is 2. The molecule has 1 fully saturated rings. The van der Waals surface area contributed by atoms with Gasteiger partial charge in [-0.15, -0.1) is 0 Å². The molecule has 0 amide bonds. The minimum atomic E-state index is -0.704. The molecule has 6 nitrogen and oxygen atoms in total. The van der Waals surface area contributed by atoms with Crippen LogP contribution in [-0.2, 0) is 30.2 Å². The highest BCUT2D eigenvalue weighted by atomic mass is 35.5. The first kappa shape index (κ1) is 21.4. The van der Waals surface area contributed by atoms with E-state index in [1.165, 1.54) is 0 Å². The molecular formula is C24H24ClNO5. The normalized spacial score (nSPS) is 22.8. The maximum Gasteiger partial charge on any atom is 0.293 e. The van der Waals surface area contributed by atoms with Crippen molar-refractivity contribution in [2.75, 3.05) is 18.5 Å². The standard InChI is InChI=1S/C24H24ClNO5/c25-21-9-5-4-6-17(21)12-23(26-18-7-2-1-3-8-18)24-11-10-22(31-24)19(13-29-15-27)20(24)14-30-16-28/h1-9,15-16,22-23,26H,10-14H2. The van der Waals surface area contributed by atoms with Crippen LogP contribution in [0, 0.1) is 0 Å². The van der Waals surface area contributed by atoms with Crippen LogP contribution in [0.2, 0.25) is 5.02 Å². The number of carbonyl (C=O) groups is 2. The molecule has 3 atom stereocenters. The van der Waals surface area contributed by atoms with E-state index in [2.05, 4.69) is 5.32 Å². The van der Waals surface area contributed by atoms with E-state index in [9.17, 15) is 9.59 Å². The fourth-order valence-electron chi connectivity index (χ4n) is 4.71. The lowest BCUT2D eigenvalue weighted by Crippen LogP contribution is -2.49. The molecular weight excluding hydrogens is 418 g/mol. The van der Waals surface area contributed by atoms with Crippen LogP contribution >= 0.6 is 11.6 Å². The van der Waals surface area contributed by atoms with Crippen molar-refractivity contribution in [3.63, 3.8) is 0 Å². The average Bonchev–Trinajstić information content (AvgIpc) is 3.36. The van der Waals surface area contributed by atoms with E-state index in [0.29, 0.717) is 24.4 Å². The molecule has 162 valence electrons. The number of benzene rings is 2. The van der Waals surface area contributed by atoms with Crippen LogP contribution in [-0.4, -0.2) is 43.9 Å². The predicted molar refractivity (Wildman–Crippen MR) is 117 cm³/mol. The molecule has 0 spiro atoms. The van der Waals surface area contributed by atoms with E-state index in [0.717, 1.165) is 35.2 Å². The highest BCUT2D eigenvalue weighted by Crippen LogP contribution is 2.51. The van der Waals surface area contributed by atoms with E-state index < -0.39 is 5.60 Å². The molecule has 0 radical (unpaired) electrons. The Morgan fingerprint density at radius 3 is 2.52 bits per heavy atom. The van der Waals surface area contributed by atoms with Crippen molar-refractivity contribution in [2.45, 2.75) is 37.0 Å². The molecule has 0 aliphatic carbocycles. The van der Waals surface area contributed by atoms with Gasteiger partial charge >= 0.3 is 0 Å². The van der Waals surface area contributed by atoms with Crippen molar-refractivity contribution >= 4 is 30.2 Å². The summed E-state index contributed by atoms with van der Waals surface area (Å²) in [7, 11) is 0. The Kier molecular flexibility index (Phi) is 6.59. The molecule has 4 rings (SSSR count). The maximum absolute atomic E-state index is 11.0. The fourth-order valence-corrected chi connectivity index (χ4v) is 4.92. The Morgan fingerprint density at radius 1 is 1.06 bits per heavy atom. The van der Waals surface area contributed by atoms with E-state index in [4.69, 9.17) is 25.8 Å². The van der Waals surface area contributed by atoms with Crippen molar-refractivity contribution < 1.29 is 23.8 Å². The van der Waals surface area contributed by atoms with Crippen LogP contribution in [0.15, 0.2) is 65.7 Å². The number of anilines is 1. The summed E-state index contributed by atoms with van der Waals surface area (Å²) in [5.74, 6) is 0. The second-order valence-electron chi connectivity index (χ2n) is 7.71. The minimum Gasteiger partial charge on any atom is -0.463 e. The first-order chi connectivity index (χ1) is 15.2. The van der Waals surface area contributed by atoms with Gasteiger partial charge in [-0.3, -0.25) is 9.59 Å². The SMILES string of the molecule is O=COCC1=C(COC=O)C2(C(Cc3ccccc3Cl)Nc3ccccc3)CCC1O2. The molecule has 0 saturated carbocycles. The van der Waals surface area contributed by atoms with Crippen LogP contribution < -0.4 is 5.32 Å². The van der Waals surface area contributed by atoms with Crippen molar-refractivity contribution in [1.82, 2.24) is 0 Å². The molecule has 2 bridgehead atoms. The molecule has 2 aliphatic heterocycles. The number of halogens is 1. The van der Waals surface area contributed by atoms with Gasteiger partial charge in [0.05, 0.1) is 12.1 Å². The summed E-state index contributed by atoms with van der Waals surface area (Å²) in [5, 5.41) is 4.31. The Morgan fingerprint density at radius 2 is 1.77 bits per heavy atom. The van der Waals surface area contributed by atoms with Gasteiger partial charge in [-0.1, -0.05) is 48.0 Å². The van der Waals surface area contributed by atoms with Crippen molar-refractivity contribution in [3.8, 4) is 0 Å². The zero-order valence-corrected chi connectivity index (χ0v) is 17.7. The largest absolute Gasteiger partial charge is 0.463 e. The molecule has 2 aromatic carbocycles.